The van der Waals surface area contributed by atoms with Crippen LogP contribution >= 0.6 is 0 Å². The fraction of sp³-hybridized carbons (Fsp3) is 0.538. The lowest BCUT2D eigenvalue weighted by molar-refractivity contribution is 0.210. The second-order valence-electron chi connectivity index (χ2n) is 5.03. The Morgan fingerprint density at radius 3 is 2.33 bits per heavy atom. The van der Waals surface area contributed by atoms with Gasteiger partial charge in [0.05, 0.1) is 0 Å². The molecule has 0 aromatic heterocycles. The summed E-state index contributed by atoms with van der Waals surface area (Å²) < 4.78 is 0. The fourth-order valence-corrected chi connectivity index (χ4v) is 1.75. The summed E-state index contributed by atoms with van der Waals surface area (Å²) in [7, 11) is 2.14. The van der Waals surface area contributed by atoms with Crippen LogP contribution in [0, 0.1) is 5.41 Å². The summed E-state index contributed by atoms with van der Waals surface area (Å²) in [5, 5.41) is 0. The van der Waals surface area contributed by atoms with E-state index in [1.807, 2.05) is 6.07 Å². The van der Waals surface area contributed by atoms with Gasteiger partial charge in [-0.3, -0.25) is 0 Å². The van der Waals surface area contributed by atoms with Crippen molar-refractivity contribution in [2.45, 2.75) is 20.4 Å². The van der Waals surface area contributed by atoms with Gasteiger partial charge in [0.15, 0.2) is 0 Å². The maximum atomic E-state index is 5.72. The molecule has 0 atom stereocenters. The number of nitrogens with zero attached hydrogens (tertiary/aromatic N) is 1. The number of hydrogen-bond acceptors (Lipinski definition) is 2. The van der Waals surface area contributed by atoms with Crippen LogP contribution in [-0.2, 0) is 6.54 Å². The molecule has 0 amide bonds. The Bertz CT molecular complexity index is 280. The van der Waals surface area contributed by atoms with Crippen LogP contribution in [0.1, 0.15) is 19.4 Å². The highest BCUT2D eigenvalue weighted by molar-refractivity contribution is 5.14. The largest absolute Gasteiger partial charge is 0.330 e. The zero-order valence-corrected chi connectivity index (χ0v) is 10.0. The quantitative estimate of drug-likeness (QED) is 0.799. The van der Waals surface area contributed by atoms with Crippen molar-refractivity contribution in [2.24, 2.45) is 11.1 Å². The zero-order chi connectivity index (χ0) is 11.3. The Labute approximate surface area is 93.1 Å². The van der Waals surface area contributed by atoms with E-state index in [9.17, 15) is 0 Å². The van der Waals surface area contributed by atoms with Gasteiger partial charge in [0.25, 0.3) is 0 Å². The minimum absolute atomic E-state index is 0.198. The van der Waals surface area contributed by atoms with Crippen molar-refractivity contribution in [2.75, 3.05) is 20.1 Å². The van der Waals surface area contributed by atoms with Crippen LogP contribution < -0.4 is 5.73 Å². The molecule has 0 bridgehead atoms. The van der Waals surface area contributed by atoms with E-state index < -0.39 is 0 Å². The Hall–Kier alpha value is -0.860. The van der Waals surface area contributed by atoms with Crippen LogP contribution in [0.15, 0.2) is 30.3 Å². The molecule has 0 spiro atoms. The first-order valence-corrected chi connectivity index (χ1v) is 5.46. The molecule has 2 N–H and O–H groups in total. The van der Waals surface area contributed by atoms with Crippen molar-refractivity contribution in [1.29, 1.82) is 0 Å². The fourth-order valence-electron chi connectivity index (χ4n) is 1.75. The molecule has 1 aromatic rings. The maximum absolute atomic E-state index is 5.72. The summed E-state index contributed by atoms with van der Waals surface area (Å²) in [5.41, 5.74) is 7.27. The second kappa shape index (κ2) is 5.29. The molecule has 0 saturated heterocycles. The number of nitrogens with two attached hydrogens (primary N) is 1. The van der Waals surface area contributed by atoms with Gasteiger partial charge in [-0.2, -0.15) is 0 Å². The van der Waals surface area contributed by atoms with Crippen molar-refractivity contribution < 1.29 is 0 Å². The lowest BCUT2D eigenvalue weighted by Gasteiger charge is -2.29. The number of hydrogen-bond donors (Lipinski definition) is 1. The molecule has 2 heteroatoms. The van der Waals surface area contributed by atoms with Gasteiger partial charge in [-0.05, 0) is 24.6 Å². The molecule has 0 radical (unpaired) electrons. The van der Waals surface area contributed by atoms with Crippen molar-refractivity contribution in [3.8, 4) is 0 Å². The van der Waals surface area contributed by atoms with Crippen LogP contribution in [-0.4, -0.2) is 25.0 Å². The summed E-state index contributed by atoms with van der Waals surface area (Å²) in [4.78, 5) is 2.32. The summed E-state index contributed by atoms with van der Waals surface area (Å²) >= 11 is 0. The molecule has 0 unspecified atom stereocenters. The van der Waals surface area contributed by atoms with Crippen LogP contribution in [0.3, 0.4) is 0 Å². The summed E-state index contributed by atoms with van der Waals surface area (Å²) in [6.45, 7) is 7.15. The third kappa shape index (κ3) is 4.45. The summed E-state index contributed by atoms with van der Waals surface area (Å²) in [6, 6.07) is 10.5. The Balaban J connectivity index is 2.46. The number of rotatable bonds is 5. The van der Waals surface area contributed by atoms with Gasteiger partial charge >= 0.3 is 0 Å². The van der Waals surface area contributed by atoms with E-state index >= 15 is 0 Å². The van der Waals surface area contributed by atoms with Crippen LogP contribution in [0.5, 0.6) is 0 Å². The average Bonchev–Trinajstić information content (AvgIpc) is 2.18. The van der Waals surface area contributed by atoms with Gasteiger partial charge in [-0.15, -0.1) is 0 Å². The van der Waals surface area contributed by atoms with E-state index in [1.54, 1.807) is 0 Å². The highest BCUT2D eigenvalue weighted by atomic mass is 15.1. The van der Waals surface area contributed by atoms with Gasteiger partial charge in [0, 0.05) is 13.1 Å². The van der Waals surface area contributed by atoms with Gasteiger partial charge in [-0.1, -0.05) is 44.2 Å². The van der Waals surface area contributed by atoms with Crippen molar-refractivity contribution in [3.05, 3.63) is 35.9 Å². The van der Waals surface area contributed by atoms with Gasteiger partial charge < -0.3 is 10.6 Å². The van der Waals surface area contributed by atoms with Crippen molar-refractivity contribution in [3.63, 3.8) is 0 Å². The van der Waals surface area contributed by atoms with E-state index in [2.05, 4.69) is 50.1 Å². The molecule has 1 rings (SSSR count). The van der Waals surface area contributed by atoms with E-state index in [0.29, 0.717) is 0 Å². The highest BCUT2D eigenvalue weighted by Crippen LogP contribution is 2.15. The first kappa shape index (κ1) is 12.2. The first-order valence-electron chi connectivity index (χ1n) is 5.46. The molecule has 0 aliphatic rings. The lowest BCUT2D eigenvalue weighted by atomic mass is 9.93. The Morgan fingerprint density at radius 2 is 1.80 bits per heavy atom. The molecule has 0 aliphatic carbocycles. The maximum Gasteiger partial charge on any atom is 0.0230 e. The minimum Gasteiger partial charge on any atom is -0.330 e. The Kier molecular flexibility index (Phi) is 4.30. The van der Waals surface area contributed by atoms with E-state index in [-0.39, 0.29) is 5.41 Å². The molecule has 2 nitrogen and oxygen atoms in total. The molecule has 1 aromatic carbocycles. The molecule has 15 heavy (non-hydrogen) atoms. The smallest absolute Gasteiger partial charge is 0.0230 e. The van der Waals surface area contributed by atoms with Crippen LogP contribution in [0.4, 0.5) is 0 Å². The van der Waals surface area contributed by atoms with E-state index in [4.69, 9.17) is 5.73 Å². The molecule has 0 heterocycles. The normalized spacial score (nSPS) is 12.1. The van der Waals surface area contributed by atoms with Crippen molar-refractivity contribution >= 4 is 0 Å². The Morgan fingerprint density at radius 1 is 1.20 bits per heavy atom. The highest BCUT2D eigenvalue weighted by Gasteiger charge is 2.17. The SMILES string of the molecule is CN(Cc1ccccc1)CC(C)(C)CN. The number of benzene rings is 1. The minimum atomic E-state index is 0.198. The predicted molar refractivity (Wildman–Crippen MR) is 65.6 cm³/mol. The first-order chi connectivity index (χ1) is 7.03. The van der Waals surface area contributed by atoms with Gasteiger partial charge in [0.2, 0.25) is 0 Å². The third-order valence-electron chi connectivity index (χ3n) is 2.55. The van der Waals surface area contributed by atoms with Crippen molar-refractivity contribution in [1.82, 2.24) is 4.90 Å². The second-order valence-corrected chi connectivity index (χ2v) is 5.03. The van der Waals surface area contributed by atoms with Crippen LogP contribution in [0.2, 0.25) is 0 Å². The lowest BCUT2D eigenvalue weighted by Crippen LogP contribution is -2.36. The van der Waals surface area contributed by atoms with Gasteiger partial charge in [-0.25, -0.2) is 0 Å². The molecule has 0 fully saturated rings. The zero-order valence-electron chi connectivity index (χ0n) is 10.0. The van der Waals surface area contributed by atoms with E-state index in [0.717, 1.165) is 19.6 Å². The van der Waals surface area contributed by atoms with E-state index in [1.165, 1.54) is 5.56 Å². The molecule has 0 saturated carbocycles. The molecular weight excluding hydrogens is 184 g/mol. The molecule has 84 valence electrons. The van der Waals surface area contributed by atoms with Crippen LogP contribution in [0.25, 0.3) is 0 Å². The average molecular weight is 206 g/mol. The topological polar surface area (TPSA) is 29.3 Å². The monoisotopic (exact) mass is 206 g/mol. The van der Waals surface area contributed by atoms with Gasteiger partial charge in [0.1, 0.15) is 0 Å². The molecular formula is C13H22N2. The standard InChI is InChI=1S/C13H22N2/c1-13(2,10-14)11-15(3)9-12-7-5-4-6-8-12/h4-8H,9-11,14H2,1-3H3. The summed E-state index contributed by atoms with van der Waals surface area (Å²) in [5.74, 6) is 0. The predicted octanol–water partition coefficient (Wildman–Crippen LogP) is 2.10. The third-order valence-corrected chi connectivity index (χ3v) is 2.55. The molecule has 0 aliphatic heterocycles. The summed E-state index contributed by atoms with van der Waals surface area (Å²) in [6.07, 6.45) is 0.